The van der Waals surface area contributed by atoms with Crippen LogP contribution in [0.1, 0.15) is 21.5 Å². The smallest absolute Gasteiger partial charge is 0.255 e. The van der Waals surface area contributed by atoms with Gasteiger partial charge < -0.3 is 20.9 Å². The Kier molecular flexibility index (Phi) is 6.92. The summed E-state index contributed by atoms with van der Waals surface area (Å²) in [4.78, 5) is 29.1. The highest BCUT2D eigenvalue weighted by molar-refractivity contribution is 6.05. The number of nitrogens with two attached hydrogens (primary N) is 1. The molecule has 1 aliphatic heterocycles. The number of rotatable bonds is 5. The lowest BCUT2D eigenvalue weighted by Gasteiger charge is -2.35. The Morgan fingerprint density at radius 2 is 1.62 bits per heavy atom. The molecule has 3 aromatic carbocycles. The first-order valence-electron chi connectivity index (χ1n) is 11.1. The van der Waals surface area contributed by atoms with E-state index in [0.29, 0.717) is 37.4 Å². The molecule has 1 aliphatic rings. The van der Waals surface area contributed by atoms with Crippen LogP contribution in [0, 0.1) is 12.7 Å². The number of halogens is 1. The van der Waals surface area contributed by atoms with Crippen molar-refractivity contribution in [3.8, 4) is 0 Å². The van der Waals surface area contributed by atoms with Crippen LogP contribution >= 0.6 is 0 Å². The first kappa shape index (κ1) is 23.0. The molecule has 0 atom stereocenters. The summed E-state index contributed by atoms with van der Waals surface area (Å²) in [5.74, 6) is -0.767. The predicted octanol–water partition coefficient (Wildman–Crippen LogP) is 4.33. The minimum atomic E-state index is -0.455. The van der Waals surface area contributed by atoms with Crippen LogP contribution in [0.2, 0.25) is 0 Å². The number of carbonyl (C=O) groups excluding carboxylic acids is 2. The van der Waals surface area contributed by atoms with Gasteiger partial charge in [0.25, 0.3) is 5.91 Å². The fraction of sp³-hybridized carbons (Fsp3) is 0.185. The average molecular weight is 459 g/mol. The van der Waals surface area contributed by atoms with Gasteiger partial charge in [-0.3, -0.25) is 9.59 Å². The van der Waals surface area contributed by atoms with Gasteiger partial charge >= 0.3 is 0 Å². The number of nitrogen functional groups attached to an aromatic ring is 1. The summed E-state index contributed by atoms with van der Waals surface area (Å²) in [5, 5.41) is 2.70. The number of hydrogen-bond acceptors (Lipinski definition) is 4. The Morgan fingerprint density at radius 3 is 2.26 bits per heavy atom. The quantitative estimate of drug-likeness (QED) is 0.441. The lowest BCUT2D eigenvalue weighted by molar-refractivity contribution is -0.126. The van der Waals surface area contributed by atoms with Crippen LogP contribution in [-0.2, 0) is 4.79 Å². The van der Waals surface area contributed by atoms with E-state index in [0.717, 1.165) is 11.3 Å². The third kappa shape index (κ3) is 5.61. The maximum Gasteiger partial charge on any atom is 0.255 e. The molecule has 174 valence electrons. The number of aryl methyl sites for hydroxylation is 1. The van der Waals surface area contributed by atoms with Gasteiger partial charge in [0.1, 0.15) is 5.82 Å². The molecule has 1 heterocycles. The Balaban J connectivity index is 1.30. The SMILES string of the molecule is Cc1ccc(/C=C/C(=O)N2CCN(c3ccc(C(=O)Nc4ccc(F)cc4N)cc3)CC2)cc1. The van der Waals surface area contributed by atoms with Crippen molar-refractivity contribution in [2.24, 2.45) is 0 Å². The van der Waals surface area contributed by atoms with Crippen LogP contribution in [0.25, 0.3) is 6.08 Å². The number of hydrogen-bond donors (Lipinski definition) is 2. The minimum Gasteiger partial charge on any atom is -0.397 e. The zero-order valence-electron chi connectivity index (χ0n) is 19.0. The van der Waals surface area contributed by atoms with E-state index in [2.05, 4.69) is 10.2 Å². The average Bonchev–Trinajstić information content (AvgIpc) is 2.85. The molecule has 0 aliphatic carbocycles. The molecule has 7 heteroatoms. The Morgan fingerprint density at radius 1 is 0.941 bits per heavy atom. The normalized spacial score (nSPS) is 13.8. The van der Waals surface area contributed by atoms with E-state index in [1.165, 1.54) is 23.8 Å². The Hall–Kier alpha value is -4.13. The van der Waals surface area contributed by atoms with Crippen LogP contribution < -0.4 is 16.0 Å². The summed E-state index contributed by atoms with van der Waals surface area (Å²) in [7, 11) is 0. The highest BCUT2D eigenvalue weighted by Gasteiger charge is 2.20. The summed E-state index contributed by atoms with van der Waals surface area (Å²) in [6.45, 7) is 4.71. The maximum atomic E-state index is 13.2. The maximum absolute atomic E-state index is 13.2. The zero-order valence-corrected chi connectivity index (χ0v) is 19.0. The molecule has 34 heavy (non-hydrogen) atoms. The fourth-order valence-corrected chi connectivity index (χ4v) is 3.80. The number of amides is 2. The fourth-order valence-electron chi connectivity index (χ4n) is 3.80. The van der Waals surface area contributed by atoms with Crippen LogP contribution in [0.3, 0.4) is 0 Å². The summed E-state index contributed by atoms with van der Waals surface area (Å²) >= 11 is 0. The lowest BCUT2D eigenvalue weighted by atomic mass is 10.1. The molecule has 2 amide bonds. The molecule has 3 N–H and O–H groups in total. The van der Waals surface area contributed by atoms with Gasteiger partial charge in [-0.1, -0.05) is 29.8 Å². The van der Waals surface area contributed by atoms with Crippen molar-refractivity contribution in [2.45, 2.75) is 6.92 Å². The molecule has 0 saturated carbocycles. The zero-order chi connectivity index (χ0) is 24.1. The van der Waals surface area contributed by atoms with Crippen LogP contribution in [0.4, 0.5) is 21.5 Å². The monoisotopic (exact) mass is 458 g/mol. The minimum absolute atomic E-state index is 0.00677. The van der Waals surface area contributed by atoms with E-state index in [1.54, 1.807) is 18.2 Å². The van der Waals surface area contributed by atoms with Crippen LogP contribution in [-0.4, -0.2) is 42.9 Å². The van der Waals surface area contributed by atoms with E-state index in [1.807, 2.05) is 54.3 Å². The van der Waals surface area contributed by atoms with E-state index in [-0.39, 0.29) is 17.5 Å². The van der Waals surface area contributed by atoms with Gasteiger partial charge in [-0.25, -0.2) is 4.39 Å². The summed E-state index contributed by atoms with van der Waals surface area (Å²) in [6, 6.07) is 19.2. The van der Waals surface area contributed by atoms with Crippen molar-refractivity contribution in [3.63, 3.8) is 0 Å². The first-order valence-corrected chi connectivity index (χ1v) is 11.1. The number of benzene rings is 3. The van der Waals surface area contributed by atoms with E-state index in [9.17, 15) is 14.0 Å². The summed E-state index contributed by atoms with van der Waals surface area (Å²) in [6.07, 6.45) is 3.47. The van der Waals surface area contributed by atoms with Crippen molar-refractivity contribution < 1.29 is 14.0 Å². The van der Waals surface area contributed by atoms with Crippen LogP contribution in [0.5, 0.6) is 0 Å². The molecule has 1 fully saturated rings. The molecular formula is C27H27FN4O2. The van der Waals surface area contributed by atoms with E-state index in [4.69, 9.17) is 5.73 Å². The second kappa shape index (κ2) is 10.2. The molecule has 0 bridgehead atoms. The molecule has 0 unspecified atom stereocenters. The third-order valence-electron chi connectivity index (χ3n) is 5.84. The highest BCUT2D eigenvalue weighted by Crippen LogP contribution is 2.22. The van der Waals surface area contributed by atoms with Crippen molar-refractivity contribution in [2.75, 3.05) is 42.1 Å². The third-order valence-corrected chi connectivity index (χ3v) is 5.84. The molecule has 4 rings (SSSR count). The standard InChI is InChI=1S/C27H27FN4O2/c1-19-2-4-20(5-3-19)6-13-26(33)32-16-14-31(15-17-32)23-10-7-21(8-11-23)27(34)30-25-12-9-22(28)18-24(25)29/h2-13,18H,14-17,29H2,1H3,(H,30,34)/b13-6+. The predicted molar refractivity (Wildman–Crippen MR) is 134 cm³/mol. The van der Waals surface area contributed by atoms with E-state index >= 15 is 0 Å². The summed E-state index contributed by atoms with van der Waals surface area (Å²) in [5.41, 5.74) is 9.95. The topological polar surface area (TPSA) is 78.7 Å². The second-order valence-electron chi connectivity index (χ2n) is 8.29. The number of nitrogens with zero attached hydrogens (tertiary/aromatic N) is 2. The molecule has 3 aromatic rings. The Bertz CT molecular complexity index is 1200. The molecule has 1 saturated heterocycles. The second-order valence-corrected chi connectivity index (χ2v) is 8.29. The lowest BCUT2D eigenvalue weighted by Crippen LogP contribution is -2.48. The van der Waals surface area contributed by atoms with Gasteiger partial charge in [0.2, 0.25) is 5.91 Å². The van der Waals surface area contributed by atoms with Crippen molar-refractivity contribution in [1.82, 2.24) is 4.90 Å². The molecule has 0 radical (unpaired) electrons. The molecule has 0 aromatic heterocycles. The van der Waals surface area contributed by atoms with Gasteiger partial charge in [0.15, 0.2) is 0 Å². The van der Waals surface area contributed by atoms with Gasteiger partial charge in [-0.2, -0.15) is 0 Å². The van der Waals surface area contributed by atoms with Gasteiger partial charge in [-0.05, 0) is 61.0 Å². The summed E-state index contributed by atoms with van der Waals surface area (Å²) < 4.78 is 13.2. The Labute approximate surface area is 198 Å². The number of anilines is 3. The highest BCUT2D eigenvalue weighted by atomic mass is 19.1. The molecule has 0 spiro atoms. The number of piperazine rings is 1. The molecule has 6 nitrogen and oxygen atoms in total. The van der Waals surface area contributed by atoms with Gasteiger partial charge in [-0.15, -0.1) is 0 Å². The van der Waals surface area contributed by atoms with Gasteiger partial charge in [0, 0.05) is 43.5 Å². The largest absolute Gasteiger partial charge is 0.397 e. The van der Waals surface area contributed by atoms with Gasteiger partial charge in [0.05, 0.1) is 11.4 Å². The van der Waals surface area contributed by atoms with E-state index < -0.39 is 5.82 Å². The number of carbonyl (C=O) groups is 2. The molecular weight excluding hydrogens is 431 g/mol. The number of nitrogens with one attached hydrogen (secondary N) is 1. The van der Waals surface area contributed by atoms with Crippen molar-refractivity contribution in [1.29, 1.82) is 0 Å². The van der Waals surface area contributed by atoms with Crippen LogP contribution in [0.15, 0.2) is 72.8 Å². The first-order chi connectivity index (χ1) is 16.4. The van der Waals surface area contributed by atoms with Crippen molar-refractivity contribution >= 4 is 35.0 Å². The van der Waals surface area contributed by atoms with Crippen molar-refractivity contribution in [3.05, 3.63) is 95.3 Å².